The van der Waals surface area contributed by atoms with Crippen molar-refractivity contribution in [3.63, 3.8) is 0 Å². The summed E-state index contributed by atoms with van der Waals surface area (Å²) in [5, 5.41) is 3.26. The second kappa shape index (κ2) is 5.65. The quantitative estimate of drug-likeness (QED) is 0.737. The van der Waals surface area contributed by atoms with Crippen LogP contribution in [0.2, 0.25) is 0 Å². The highest BCUT2D eigenvalue weighted by atomic mass is 16.5. The number of rotatable bonds is 7. The third-order valence-corrected chi connectivity index (χ3v) is 3.56. The zero-order valence-electron chi connectivity index (χ0n) is 10.8. The van der Waals surface area contributed by atoms with Crippen LogP contribution in [-0.2, 0) is 17.6 Å². The van der Waals surface area contributed by atoms with Crippen LogP contribution in [-0.4, -0.2) is 30.8 Å². The molecular weight excluding hydrogens is 216 g/mol. The van der Waals surface area contributed by atoms with Crippen molar-refractivity contribution in [2.75, 3.05) is 20.2 Å². The number of hydrogen-bond donors (Lipinski definition) is 1. The first-order valence-electron chi connectivity index (χ1n) is 6.47. The average molecular weight is 238 g/mol. The number of likely N-dealkylation sites (N-methyl/N-ethyl adjacent to an activating group) is 1. The van der Waals surface area contributed by atoms with Gasteiger partial charge in [-0.05, 0) is 25.8 Å². The van der Waals surface area contributed by atoms with Crippen LogP contribution in [0.5, 0.6) is 0 Å². The van der Waals surface area contributed by atoms with E-state index in [0.717, 1.165) is 50.4 Å². The fraction of sp³-hybridized carbons (Fsp3) is 0.769. The molecule has 1 aromatic heterocycles. The van der Waals surface area contributed by atoms with Crippen LogP contribution in [0.25, 0.3) is 0 Å². The summed E-state index contributed by atoms with van der Waals surface area (Å²) < 4.78 is 11.3. The van der Waals surface area contributed by atoms with Gasteiger partial charge in [-0.25, -0.2) is 4.98 Å². The molecule has 1 fully saturated rings. The zero-order valence-corrected chi connectivity index (χ0v) is 10.8. The van der Waals surface area contributed by atoms with E-state index in [1.807, 2.05) is 6.20 Å². The van der Waals surface area contributed by atoms with Crippen molar-refractivity contribution in [2.24, 2.45) is 0 Å². The molecule has 0 amide bonds. The van der Waals surface area contributed by atoms with E-state index in [1.165, 1.54) is 6.42 Å². The molecule has 0 radical (unpaired) electrons. The zero-order chi connectivity index (χ0) is 12.1. The van der Waals surface area contributed by atoms with Gasteiger partial charge >= 0.3 is 0 Å². The average Bonchev–Trinajstić information content (AvgIpc) is 2.72. The predicted octanol–water partition coefficient (Wildman–Crippen LogP) is 1.94. The topological polar surface area (TPSA) is 47.3 Å². The Morgan fingerprint density at radius 3 is 2.94 bits per heavy atom. The van der Waals surface area contributed by atoms with Gasteiger partial charge in [0.15, 0.2) is 5.89 Å². The fourth-order valence-electron chi connectivity index (χ4n) is 2.26. The van der Waals surface area contributed by atoms with Crippen LogP contribution in [0.3, 0.4) is 0 Å². The second-order valence-corrected chi connectivity index (χ2v) is 4.74. The Hall–Kier alpha value is -0.870. The molecule has 0 unspecified atom stereocenters. The van der Waals surface area contributed by atoms with E-state index in [1.54, 1.807) is 7.11 Å². The third kappa shape index (κ3) is 3.07. The van der Waals surface area contributed by atoms with Crippen LogP contribution < -0.4 is 5.32 Å². The van der Waals surface area contributed by atoms with Gasteiger partial charge in [0.1, 0.15) is 5.76 Å². The number of hydrogen-bond acceptors (Lipinski definition) is 4. The molecule has 4 nitrogen and oxygen atoms in total. The van der Waals surface area contributed by atoms with Gasteiger partial charge in [-0.3, -0.25) is 0 Å². The highest BCUT2D eigenvalue weighted by molar-refractivity contribution is 5.04. The van der Waals surface area contributed by atoms with Crippen LogP contribution >= 0.6 is 0 Å². The van der Waals surface area contributed by atoms with E-state index in [0.29, 0.717) is 0 Å². The van der Waals surface area contributed by atoms with E-state index >= 15 is 0 Å². The van der Waals surface area contributed by atoms with Crippen LogP contribution in [0.4, 0.5) is 0 Å². The van der Waals surface area contributed by atoms with Crippen LogP contribution in [0.1, 0.15) is 37.8 Å². The van der Waals surface area contributed by atoms with Gasteiger partial charge in [0, 0.05) is 26.5 Å². The van der Waals surface area contributed by atoms with Crippen molar-refractivity contribution in [3.05, 3.63) is 17.8 Å². The first-order valence-corrected chi connectivity index (χ1v) is 6.47. The molecule has 1 heterocycles. The summed E-state index contributed by atoms with van der Waals surface area (Å²) in [6.07, 6.45) is 7.09. The Labute approximate surface area is 103 Å². The van der Waals surface area contributed by atoms with Crippen molar-refractivity contribution in [3.8, 4) is 0 Å². The highest BCUT2D eigenvalue weighted by Gasteiger charge is 2.38. The molecule has 1 saturated carbocycles. The molecular formula is C13H22N2O2. The Morgan fingerprint density at radius 2 is 2.35 bits per heavy atom. The van der Waals surface area contributed by atoms with Crippen molar-refractivity contribution in [2.45, 2.75) is 44.6 Å². The molecule has 0 bridgehead atoms. The minimum atomic E-state index is 0.0263. The molecule has 17 heavy (non-hydrogen) atoms. The Bertz CT molecular complexity index is 339. The number of nitrogens with one attached hydrogen (secondary N) is 1. The Kier molecular flexibility index (Phi) is 4.18. The molecule has 1 N–H and O–H groups in total. The number of methoxy groups -OCH3 is 1. The van der Waals surface area contributed by atoms with Crippen molar-refractivity contribution in [1.29, 1.82) is 0 Å². The molecule has 0 aliphatic heterocycles. The lowest BCUT2D eigenvalue weighted by molar-refractivity contribution is -0.0738. The molecule has 0 aromatic carbocycles. The summed E-state index contributed by atoms with van der Waals surface area (Å²) >= 11 is 0. The Morgan fingerprint density at radius 1 is 1.53 bits per heavy atom. The molecule has 2 rings (SSSR count). The van der Waals surface area contributed by atoms with Crippen LogP contribution in [0.15, 0.2) is 10.6 Å². The van der Waals surface area contributed by atoms with E-state index in [-0.39, 0.29) is 5.60 Å². The summed E-state index contributed by atoms with van der Waals surface area (Å²) in [6, 6.07) is 0. The molecule has 96 valence electrons. The Balaban J connectivity index is 1.85. The van der Waals surface area contributed by atoms with Gasteiger partial charge in [0.05, 0.1) is 11.8 Å². The number of oxazole rings is 1. The summed E-state index contributed by atoms with van der Waals surface area (Å²) in [4.78, 5) is 4.30. The molecule has 4 heteroatoms. The lowest BCUT2D eigenvalue weighted by atomic mass is 9.77. The molecule has 1 aliphatic rings. The summed E-state index contributed by atoms with van der Waals surface area (Å²) in [7, 11) is 1.79. The highest BCUT2D eigenvalue weighted by Crippen LogP contribution is 2.37. The SMILES string of the molecule is CCNCCc1ncc(CC2(OC)CCC2)o1. The maximum atomic E-state index is 5.73. The number of ether oxygens (including phenoxy) is 1. The standard InChI is InChI=1S/C13H22N2O2/c1-3-14-8-5-12-15-10-11(17-12)9-13(16-2)6-4-7-13/h10,14H,3-9H2,1-2H3. The molecule has 0 atom stereocenters. The van der Waals surface area contributed by atoms with Crippen molar-refractivity contribution in [1.82, 2.24) is 10.3 Å². The largest absolute Gasteiger partial charge is 0.446 e. The van der Waals surface area contributed by atoms with Crippen molar-refractivity contribution < 1.29 is 9.15 Å². The van der Waals surface area contributed by atoms with Gasteiger partial charge in [-0.15, -0.1) is 0 Å². The maximum absolute atomic E-state index is 5.73. The lowest BCUT2D eigenvalue weighted by Gasteiger charge is -2.39. The fourth-order valence-corrected chi connectivity index (χ4v) is 2.26. The first-order chi connectivity index (χ1) is 8.28. The van der Waals surface area contributed by atoms with Gasteiger partial charge in [0.25, 0.3) is 0 Å². The molecule has 1 aromatic rings. The molecule has 0 saturated heterocycles. The van der Waals surface area contributed by atoms with E-state index in [9.17, 15) is 0 Å². The van der Waals surface area contributed by atoms with E-state index < -0.39 is 0 Å². The minimum absolute atomic E-state index is 0.0263. The number of aromatic nitrogens is 1. The summed E-state index contributed by atoms with van der Waals surface area (Å²) in [5.74, 6) is 1.78. The van der Waals surface area contributed by atoms with E-state index in [2.05, 4.69) is 17.2 Å². The third-order valence-electron chi connectivity index (χ3n) is 3.56. The lowest BCUT2D eigenvalue weighted by Crippen LogP contribution is -2.41. The predicted molar refractivity (Wildman–Crippen MR) is 66.0 cm³/mol. The summed E-state index contributed by atoms with van der Waals surface area (Å²) in [5.41, 5.74) is 0.0263. The maximum Gasteiger partial charge on any atom is 0.195 e. The summed E-state index contributed by atoms with van der Waals surface area (Å²) in [6.45, 7) is 4.01. The monoisotopic (exact) mass is 238 g/mol. The normalized spacial score (nSPS) is 18.0. The van der Waals surface area contributed by atoms with Gasteiger partial charge in [0.2, 0.25) is 0 Å². The smallest absolute Gasteiger partial charge is 0.195 e. The van der Waals surface area contributed by atoms with E-state index in [4.69, 9.17) is 9.15 Å². The van der Waals surface area contributed by atoms with Gasteiger partial charge < -0.3 is 14.5 Å². The first kappa shape index (κ1) is 12.6. The second-order valence-electron chi connectivity index (χ2n) is 4.74. The van der Waals surface area contributed by atoms with Gasteiger partial charge in [-0.1, -0.05) is 6.92 Å². The number of nitrogens with zero attached hydrogens (tertiary/aromatic N) is 1. The van der Waals surface area contributed by atoms with Gasteiger partial charge in [-0.2, -0.15) is 0 Å². The molecule has 1 aliphatic carbocycles. The minimum Gasteiger partial charge on any atom is -0.446 e. The van der Waals surface area contributed by atoms with Crippen molar-refractivity contribution >= 4 is 0 Å². The molecule has 0 spiro atoms. The van der Waals surface area contributed by atoms with Crippen LogP contribution in [0, 0.1) is 0 Å².